The van der Waals surface area contributed by atoms with Crippen molar-refractivity contribution in [3.63, 3.8) is 0 Å². The van der Waals surface area contributed by atoms with Crippen molar-refractivity contribution in [1.29, 1.82) is 0 Å². The average Bonchev–Trinajstić information content (AvgIpc) is 3.43. The number of thioether (sulfide) groups is 1. The maximum absolute atomic E-state index is 13.3. The number of quaternary nitrogens is 1. The topological polar surface area (TPSA) is 254 Å². The summed E-state index contributed by atoms with van der Waals surface area (Å²) in [6.45, 7) is 3.15. The number of hydrogen-bond donors (Lipinski definition) is 7. The van der Waals surface area contributed by atoms with Crippen LogP contribution in [0, 0.1) is 0 Å². The van der Waals surface area contributed by atoms with Gasteiger partial charge in [-0.2, -0.15) is 0 Å². The van der Waals surface area contributed by atoms with Crippen molar-refractivity contribution in [3.05, 3.63) is 45.1 Å². The zero-order valence-electron chi connectivity index (χ0n) is 26.0. The minimum atomic E-state index is -1.80. The fourth-order valence-corrected chi connectivity index (χ4v) is 6.84. The predicted octanol–water partition coefficient (Wildman–Crippen LogP) is 0.619. The van der Waals surface area contributed by atoms with Gasteiger partial charge in [-0.25, -0.2) is 14.6 Å². The van der Waals surface area contributed by atoms with Gasteiger partial charge >= 0.3 is 11.9 Å². The summed E-state index contributed by atoms with van der Waals surface area (Å²) in [6.07, 6.45) is 0. The summed E-state index contributed by atoms with van der Waals surface area (Å²) in [5.74, 6) is -5.70. The fraction of sp³-hybridized carbons (Fsp3) is 0.393. The second-order valence-corrected chi connectivity index (χ2v) is 14.3. The van der Waals surface area contributed by atoms with Gasteiger partial charge in [0, 0.05) is 16.7 Å². The zero-order chi connectivity index (χ0) is 35.7. The number of carboxylic acid groups (broad SMARTS) is 2. The number of carboxylic acids is 2. The van der Waals surface area contributed by atoms with Gasteiger partial charge in [-0.3, -0.25) is 19.3 Å². The number of oxime groups is 1. The Hall–Kier alpha value is -4.59. The molecule has 0 unspecified atom stereocenters. The number of nitrogens with zero attached hydrogens (tertiary/aromatic N) is 4. The number of carbonyl (C=O) groups excluding carboxylic acids is 3. The maximum Gasteiger partial charge on any atom is 0.352 e. The number of nitrogens with two attached hydrogens (primary N) is 1. The number of likely N-dealkylation sites (N-methyl/N-ethyl adjacent to an activating group) is 1. The van der Waals surface area contributed by atoms with Gasteiger partial charge in [0.2, 0.25) is 5.60 Å². The smallest absolute Gasteiger partial charge is 0.352 e. The molecule has 3 amide bonds. The van der Waals surface area contributed by atoms with Crippen LogP contribution >= 0.6 is 34.7 Å². The van der Waals surface area contributed by atoms with E-state index < -0.39 is 63.9 Å². The number of hydrogen-bond acceptors (Lipinski definition) is 13. The summed E-state index contributed by atoms with van der Waals surface area (Å²) in [6, 6.07) is 1.27. The minimum absolute atomic E-state index is 0.00924. The van der Waals surface area contributed by atoms with Crippen LogP contribution in [0.4, 0.5) is 5.13 Å². The Morgan fingerprint density at radius 3 is 2.52 bits per heavy atom. The van der Waals surface area contributed by atoms with Gasteiger partial charge < -0.3 is 46.1 Å². The van der Waals surface area contributed by atoms with Gasteiger partial charge in [-0.15, -0.1) is 23.1 Å². The van der Waals surface area contributed by atoms with Gasteiger partial charge in [-0.05, 0) is 26.0 Å². The van der Waals surface area contributed by atoms with Crippen LogP contribution in [0.2, 0.25) is 5.02 Å². The van der Waals surface area contributed by atoms with E-state index in [-0.39, 0.29) is 50.4 Å². The Morgan fingerprint density at radius 2 is 1.92 bits per heavy atom. The Morgan fingerprint density at radius 1 is 1.23 bits per heavy atom. The van der Waals surface area contributed by atoms with Gasteiger partial charge in [0.15, 0.2) is 22.3 Å². The largest absolute Gasteiger partial charge is 0.504 e. The molecule has 1 saturated heterocycles. The van der Waals surface area contributed by atoms with E-state index in [9.17, 15) is 44.4 Å². The van der Waals surface area contributed by atoms with Gasteiger partial charge in [0.1, 0.15) is 29.4 Å². The molecule has 1 fully saturated rings. The second-order valence-electron chi connectivity index (χ2n) is 11.9. The fourth-order valence-electron chi connectivity index (χ4n) is 4.71. The summed E-state index contributed by atoms with van der Waals surface area (Å²) in [5.41, 5.74) is 3.69. The van der Waals surface area contributed by atoms with Crippen LogP contribution < -0.4 is 16.4 Å². The molecule has 4 rings (SSSR count). The number of fused-ring (bicyclic) bond motifs is 1. The number of phenols is 2. The third-order valence-corrected chi connectivity index (χ3v) is 9.75. The number of benzene rings is 1. The molecule has 0 spiro atoms. The number of aliphatic carboxylic acids is 2. The average molecular weight is 727 g/mol. The van der Waals surface area contributed by atoms with Crippen molar-refractivity contribution < 1.29 is 53.7 Å². The number of anilines is 1. The van der Waals surface area contributed by atoms with Crippen LogP contribution in [0.15, 0.2) is 33.9 Å². The minimum Gasteiger partial charge on any atom is -0.504 e. The first-order valence-corrected chi connectivity index (χ1v) is 16.4. The van der Waals surface area contributed by atoms with Crippen LogP contribution in [0.25, 0.3) is 0 Å². The molecule has 48 heavy (non-hydrogen) atoms. The number of rotatable bonds is 13. The molecule has 258 valence electrons. The first-order valence-electron chi connectivity index (χ1n) is 14.1. The predicted molar refractivity (Wildman–Crippen MR) is 175 cm³/mol. The normalized spacial score (nSPS) is 18.1. The number of aromatic nitrogens is 1. The number of amides is 3. The number of phenolic OH excluding ortho intramolecular Hbond substituents is 2. The zero-order valence-corrected chi connectivity index (χ0v) is 28.4. The van der Waals surface area contributed by atoms with Crippen LogP contribution in [-0.4, -0.2) is 127 Å². The molecular formula is C28H33ClN7O10S2+. The summed E-state index contributed by atoms with van der Waals surface area (Å²) < 4.78 is 0.220. The van der Waals surface area contributed by atoms with E-state index in [0.717, 1.165) is 22.3 Å². The van der Waals surface area contributed by atoms with Crippen molar-refractivity contribution in [3.8, 4) is 11.5 Å². The van der Waals surface area contributed by atoms with Crippen molar-refractivity contribution in [2.24, 2.45) is 5.16 Å². The highest BCUT2D eigenvalue weighted by molar-refractivity contribution is 8.00. The lowest BCUT2D eigenvalue weighted by atomic mass is 10.0. The van der Waals surface area contributed by atoms with Gasteiger partial charge in [0.05, 0.1) is 37.8 Å². The summed E-state index contributed by atoms with van der Waals surface area (Å²) in [5, 5.41) is 48.2. The Kier molecular flexibility index (Phi) is 10.5. The maximum atomic E-state index is 13.3. The number of halogens is 1. The molecule has 0 aliphatic carbocycles. The number of thiazole rings is 1. The van der Waals surface area contributed by atoms with E-state index in [0.29, 0.717) is 12.1 Å². The SMILES string of the molecule is CC(C)(O/N=C(\C(=O)N[C@@H]1C(=O)N2C(C(=O)O)=C(C[N+](C)(C)CCNC(=O)c3ccc(O)c(O)c3Cl)CS[C@H]12)c1csc(N)n1)C(=O)O. The number of nitrogen functional groups attached to an aromatic ring is 1. The molecule has 2 aromatic rings. The Labute approximate surface area is 286 Å². The number of aromatic hydroxyl groups is 2. The molecule has 2 aliphatic heterocycles. The van der Waals surface area contributed by atoms with Crippen LogP contribution in [0.1, 0.15) is 29.9 Å². The first kappa shape index (κ1) is 36.2. The van der Waals surface area contributed by atoms with E-state index >= 15 is 0 Å². The number of nitrogens with one attached hydrogen (secondary N) is 2. The first-order chi connectivity index (χ1) is 22.3. The van der Waals surface area contributed by atoms with Gasteiger partial charge in [0.25, 0.3) is 17.7 Å². The Balaban J connectivity index is 1.45. The molecule has 1 aromatic carbocycles. The molecule has 1 aromatic heterocycles. The molecule has 2 atom stereocenters. The summed E-state index contributed by atoms with van der Waals surface area (Å²) in [4.78, 5) is 73.3. The van der Waals surface area contributed by atoms with E-state index in [1.54, 1.807) is 0 Å². The summed E-state index contributed by atoms with van der Waals surface area (Å²) in [7, 11) is 3.63. The van der Waals surface area contributed by atoms with E-state index in [1.807, 2.05) is 14.1 Å². The summed E-state index contributed by atoms with van der Waals surface area (Å²) >= 11 is 8.22. The van der Waals surface area contributed by atoms with Crippen LogP contribution in [0.5, 0.6) is 11.5 Å². The second kappa shape index (κ2) is 13.9. The highest BCUT2D eigenvalue weighted by Gasteiger charge is 2.55. The van der Waals surface area contributed by atoms with E-state index in [2.05, 4.69) is 20.8 Å². The van der Waals surface area contributed by atoms with Crippen molar-refractivity contribution in [2.45, 2.75) is 30.9 Å². The molecule has 3 heterocycles. The lowest BCUT2D eigenvalue weighted by Crippen LogP contribution is -2.71. The van der Waals surface area contributed by atoms with Crippen LogP contribution in [-0.2, 0) is 24.0 Å². The third kappa shape index (κ3) is 7.59. The number of β-lactam (4-membered cyclic amide) rings is 1. The standard InChI is InChI=1S/C28H32ClN7O10S2/c1-28(2,26(44)45)46-34-17(14-11-48-27(30)32-14)22(40)33-18-23(41)35-19(25(42)43)12(10-47-24(18)35)9-36(3,4)8-7-31-21(39)13-5-6-15(37)20(38)16(13)29/h5-6,11,18,24H,7-10H2,1-4H3,(H7-,30,31,32,33,34,37,38,39,40,42,43,44,45)/p+1/t18-,24-/m1/s1. The van der Waals surface area contributed by atoms with Crippen molar-refractivity contribution in [2.75, 3.05) is 45.2 Å². The highest BCUT2D eigenvalue weighted by atomic mass is 35.5. The molecule has 0 saturated carbocycles. The monoisotopic (exact) mass is 726 g/mol. The van der Waals surface area contributed by atoms with E-state index in [4.69, 9.17) is 22.2 Å². The molecule has 2 aliphatic rings. The third-order valence-electron chi connectivity index (χ3n) is 7.36. The Bertz CT molecular complexity index is 1740. The van der Waals surface area contributed by atoms with Crippen molar-refractivity contribution in [1.82, 2.24) is 20.5 Å². The molecular weight excluding hydrogens is 694 g/mol. The molecule has 20 heteroatoms. The molecule has 0 bridgehead atoms. The van der Waals surface area contributed by atoms with Gasteiger partial charge in [-0.1, -0.05) is 16.8 Å². The lowest BCUT2D eigenvalue weighted by Gasteiger charge is -2.49. The quantitative estimate of drug-likeness (QED) is 0.0492. The molecule has 0 radical (unpaired) electrons. The van der Waals surface area contributed by atoms with Crippen molar-refractivity contribution >= 4 is 75.2 Å². The lowest BCUT2D eigenvalue weighted by molar-refractivity contribution is -0.884. The molecule has 8 N–H and O–H groups in total. The number of carbonyl (C=O) groups is 5. The van der Waals surface area contributed by atoms with Crippen LogP contribution in [0.3, 0.4) is 0 Å². The molecule has 17 nitrogen and oxygen atoms in total. The highest BCUT2D eigenvalue weighted by Crippen LogP contribution is 2.41. The van der Waals surface area contributed by atoms with E-state index in [1.165, 1.54) is 37.1 Å².